The Morgan fingerprint density at radius 1 is 1.22 bits per heavy atom. The number of fused-ring (bicyclic) bond motifs is 2. The number of rotatable bonds is 2. The van der Waals surface area contributed by atoms with Gasteiger partial charge >= 0.3 is 0 Å². The van der Waals surface area contributed by atoms with Crippen LogP contribution in [-0.2, 0) is 4.79 Å². The molecule has 5 rings (SSSR count). The Bertz CT molecular complexity index is 1160. The third kappa shape index (κ3) is 2.59. The molecule has 2 aromatic carbocycles. The Labute approximate surface area is 159 Å². The van der Waals surface area contributed by atoms with Crippen molar-refractivity contribution in [2.75, 3.05) is 5.32 Å². The van der Waals surface area contributed by atoms with Crippen LogP contribution in [0.4, 0.5) is 5.82 Å². The number of nitrogens with one attached hydrogen (secondary N) is 1. The molecule has 2 N–H and O–H groups in total. The topological polar surface area (TPSA) is 80.0 Å². The number of phenols is 1. The molecule has 1 amide bonds. The first-order valence-electron chi connectivity index (χ1n) is 8.64. The second-order valence-corrected chi connectivity index (χ2v) is 7.63. The summed E-state index contributed by atoms with van der Waals surface area (Å²) in [6.45, 7) is 1.94. The highest BCUT2D eigenvalue weighted by molar-refractivity contribution is 7.20. The summed E-state index contributed by atoms with van der Waals surface area (Å²) in [6.07, 6.45) is 0.322. The monoisotopic (exact) mass is 376 g/mol. The van der Waals surface area contributed by atoms with E-state index in [4.69, 9.17) is 0 Å². The van der Waals surface area contributed by atoms with Crippen LogP contribution in [0.2, 0.25) is 0 Å². The van der Waals surface area contributed by atoms with E-state index in [9.17, 15) is 9.90 Å². The molecule has 0 radical (unpaired) electrons. The molecule has 1 aliphatic rings. The molecule has 0 saturated carbocycles. The second kappa shape index (κ2) is 5.92. The van der Waals surface area contributed by atoms with Crippen LogP contribution in [0.3, 0.4) is 0 Å². The van der Waals surface area contributed by atoms with Gasteiger partial charge < -0.3 is 10.4 Å². The zero-order valence-corrected chi connectivity index (χ0v) is 15.3. The fraction of sp³-hybridized carbons (Fsp3) is 0.150. The van der Waals surface area contributed by atoms with Crippen LogP contribution in [0.5, 0.6) is 5.75 Å². The van der Waals surface area contributed by atoms with Gasteiger partial charge in [-0.1, -0.05) is 35.6 Å². The number of hydrogen-bond acceptors (Lipinski definition) is 5. The van der Waals surface area contributed by atoms with Gasteiger partial charge in [0.25, 0.3) is 0 Å². The zero-order valence-electron chi connectivity index (χ0n) is 14.5. The van der Waals surface area contributed by atoms with E-state index in [1.165, 1.54) is 11.3 Å². The van der Waals surface area contributed by atoms with Crippen molar-refractivity contribution >= 4 is 33.3 Å². The molecule has 0 fully saturated rings. The molecular weight excluding hydrogens is 360 g/mol. The molecular formula is C20H16N4O2S. The van der Waals surface area contributed by atoms with Crippen molar-refractivity contribution < 1.29 is 9.90 Å². The van der Waals surface area contributed by atoms with Gasteiger partial charge in [0, 0.05) is 17.9 Å². The van der Waals surface area contributed by atoms with Gasteiger partial charge in [-0.25, -0.2) is 4.98 Å². The van der Waals surface area contributed by atoms with Crippen LogP contribution in [-0.4, -0.2) is 25.8 Å². The van der Waals surface area contributed by atoms with Crippen molar-refractivity contribution in [2.24, 2.45) is 0 Å². The summed E-state index contributed by atoms with van der Waals surface area (Å²) in [6, 6.07) is 15.0. The van der Waals surface area contributed by atoms with E-state index in [1.807, 2.05) is 37.3 Å². The number of amides is 1. The van der Waals surface area contributed by atoms with Crippen LogP contribution in [0.15, 0.2) is 48.5 Å². The van der Waals surface area contributed by atoms with Crippen molar-refractivity contribution in [3.05, 3.63) is 65.4 Å². The van der Waals surface area contributed by atoms with Gasteiger partial charge in [-0.2, -0.15) is 9.78 Å². The number of aromatic hydroxyl groups is 1. The highest BCUT2D eigenvalue weighted by Gasteiger charge is 2.33. The van der Waals surface area contributed by atoms with Crippen molar-refractivity contribution in [2.45, 2.75) is 19.3 Å². The molecule has 0 saturated heterocycles. The number of para-hydroxylation sites is 1. The number of anilines is 1. The average Bonchev–Trinajstić information content (AvgIpc) is 3.22. The van der Waals surface area contributed by atoms with Crippen LogP contribution < -0.4 is 5.32 Å². The molecule has 27 heavy (non-hydrogen) atoms. The normalized spacial score (nSPS) is 16.3. The maximum atomic E-state index is 12.4. The van der Waals surface area contributed by atoms with Gasteiger partial charge in [0.15, 0.2) is 0 Å². The quantitative estimate of drug-likeness (QED) is 0.555. The summed E-state index contributed by atoms with van der Waals surface area (Å²) in [7, 11) is 0. The summed E-state index contributed by atoms with van der Waals surface area (Å²) in [5.74, 6) is 0.634. The SMILES string of the molecule is Cc1nn(-c2nc3ccccc3s2)c2c1[C@H](c1cccc(O)c1)CC(=O)N2. The minimum atomic E-state index is -0.149. The molecule has 0 spiro atoms. The lowest BCUT2D eigenvalue weighted by Gasteiger charge is -2.24. The molecule has 6 nitrogen and oxygen atoms in total. The Morgan fingerprint density at radius 3 is 2.89 bits per heavy atom. The van der Waals surface area contributed by atoms with E-state index in [0.717, 1.165) is 32.2 Å². The van der Waals surface area contributed by atoms with E-state index in [2.05, 4.69) is 15.4 Å². The molecule has 134 valence electrons. The molecule has 3 heterocycles. The first-order chi connectivity index (χ1) is 13.1. The zero-order chi connectivity index (χ0) is 18.5. The number of nitrogens with zero attached hydrogens (tertiary/aromatic N) is 3. The summed E-state index contributed by atoms with van der Waals surface area (Å²) >= 11 is 1.54. The fourth-order valence-corrected chi connectivity index (χ4v) is 4.59. The molecule has 4 aromatic rings. The number of hydrogen-bond donors (Lipinski definition) is 2. The van der Waals surface area contributed by atoms with Crippen LogP contribution >= 0.6 is 11.3 Å². The lowest BCUT2D eigenvalue weighted by atomic mass is 9.86. The number of phenolic OH excluding ortho intramolecular Hbond substituents is 1. The van der Waals surface area contributed by atoms with E-state index in [0.29, 0.717) is 12.2 Å². The molecule has 1 aliphatic heterocycles. The third-order valence-electron chi connectivity index (χ3n) is 4.84. The van der Waals surface area contributed by atoms with Gasteiger partial charge in [0.1, 0.15) is 11.6 Å². The van der Waals surface area contributed by atoms with Gasteiger partial charge in [-0.15, -0.1) is 0 Å². The molecule has 2 aromatic heterocycles. The Hall–Kier alpha value is -3.19. The number of carbonyl (C=O) groups is 1. The predicted molar refractivity (Wildman–Crippen MR) is 105 cm³/mol. The van der Waals surface area contributed by atoms with Crippen LogP contribution in [0.25, 0.3) is 15.3 Å². The predicted octanol–water partition coefficient (Wildman–Crippen LogP) is 3.97. The number of aryl methyl sites for hydroxylation is 1. The first-order valence-corrected chi connectivity index (χ1v) is 9.46. The Kier molecular flexibility index (Phi) is 3.51. The number of carbonyl (C=O) groups excluding carboxylic acids is 1. The van der Waals surface area contributed by atoms with Gasteiger partial charge in [-0.05, 0) is 36.8 Å². The van der Waals surface area contributed by atoms with Crippen molar-refractivity contribution in [1.82, 2.24) is 14.8 Å². The van der Waals surface area contributed by atoms with Gasteiger partial charge in [0.05, 0.1) is 15.9 Å². The molecule has 1 atom stereocenters. The van der Waals surface area contributed by atoms with Gasteiger partial charge in [-0.3, -0.25) is 4.79 Å². The van der Waals surface area contributed by atoms with Crippen LogP contribution in [0.1, 0.15) is 29.2 Å². The second-order valence-electron chi connectivity index (χ2n) is 6.62. The van der Waals surface area contributed by atoms with E-state index in [-0.39, 0.29) is 17.6 Å². The Balaban J connectivity index is 1.69. The highest BCUT2D eigenvalue weighted by atomic mass is 32.1. The molecule has 0 aliphatic carbocycles. The minimum Gasteiger partial charge on any atom is -0.508 e. The van der Waals surface area contributed by atoms with Gasteiger partial charge in [0.2, 0.25) is 11.0 Å². The average molecular weight is 376 g/mol. The summed E-state index contributed by atoms with van der Waals surface area (Å²) in [5, 5.41) is 18.2. The lowest BCUT2D eigenvalue weighted by molar-refractivity contribution is -0.116. The molecule has 0 unspecified atom stereocenters. The number of benzene rings is 2. The first kappa shape index (κ1) is 16.0. The summed E-state index contributed by atoms with van der Waals surface area (Å²) in [4.78, 5) is 17.1. The van der Waals surface area contributed by atoms with Crippen molar-refractivity contribution in [3.8, 4) is 10.9 Å². The summed E-state index contributed by atoms with van der Waals surface area (Å²) in [5.41, 5.74) is 3.63. The minimum absolute atomic E-state index is 0.0712. The smallest absolute Gasteiger partial charge is 0.226 e. The summed E-state index contributed by atoms with van der Waals surface area (Å²) < 4.78 is 2.79. The third-order valence-corrected chi connectivity index (χ3v) is 5.85. The van der Waals surface area contributed by atoms with E-state index < -0.39 is 0 Å². The Morgan fingerprint density at radius 2 is 2.07 bits per heavy atom. The van der Waals surface area contributed by atoms with E-state index >= 15 is 0 Å². The fourth-order valence-electron chi connectivity index (χ4n) is 3.66. The molecule has 0 bridgehead atoms. The van der Waals surface area contributed by atoms with E-state index in [1.54, 1.807) is 22.9 Å². The van der Waals surface area contributed by atoms with Crippen LogP contribution in [0, 0.1) is 6.92 Å². The van der Waals surface area contributed by atoms with Crippen molar-refractivity contribution in [3.63, 3.8) is 0 Å². The number of thiazole rings is 1. The highest BCUT2D eigenvalue weighted by Crippen LogP contribution is 2.41. The maximum absolute atomic E-state index is 12.4. The standard InChI is InChI=1S/C20H16N4O2S/c1-11-18-14(12-5-4-6-13(25)9-12)10-17(26)22-19(18)24(23-11)20-21-15-7-2-3-8-16(15)27-20/h2-9,14,25H,10H2,1H3,(H,22,26)/t14-/m0/s1. The lowest BCUT2D eigenvalue weighted by Crippen LogP contribution is -2.24. The number of aromatic nitrogens is 3. The largest absolute Gasteiger partial charge is 0.508 e. The van der Waals surface area contributed by atoms with Crippen molar-refractivity contribution in [1.29, 1.82) is 0 Å². The molecule has 7 heteroatoms. The maximum Gasteiger partial charge on any atom is 0.226 e.